The van der Waals surface area contributed by atoms with Crippen LogP contribution in [0.4, 0.5) is 0 Å². The van der Waals surface area contributed by atoms with Gasteiger partial charge in [-0.3, -0.25) is 0 Å². The SMILES string of the molecule is CC(C)C(C)C(O)C(C)O. The van der Waals surface area contributed by atoms with Crippen molar-refractivity contribution in [1.29, 1.82) is 0 Å². The quantitative estimate of drug-likeness (QED) is 0.624. The molecule has 2 nitrogen and oxygen atoms in total. The van der Waals surface area contributed by atoms with E-state index < -0.39 is 12.2 Å². The number of aliphatic hydroxyl groups is 2. The molecule has 0 aromatic heterocycles. The average Bonchev–Trinajstić information content (AvgIpc) is 1.84. The standard InChI is InChI=1S/C8H18O2/c1-5(2)6(3)8(10)7(4)9/h5-10H,1-4H3. The molecule has 0 aliphatic rings. The highest BCUT2D eigenvalue weighted by Crippen LogP contribution is 2.16. The molecule has 2 heteroatoms. The van der Waals surface area contributed by atoms with Crippen molar-refractivity contribution < 1.29 is 10.2 Å². The maximum absolute atomic E-state index is 9.32. The second kappa shape index (κ2) is 3.94. The Bertz CT molecular complexity index is 77.3. The summed E-state index contributed by atoms with van der Waals surface area (Å²) in [7, 11) is 0. The van der Waals surface area contributed by atoms with Crippen molar-refractivity contribution in [3.63, 3.8) is 0 Å². The van der Waals surface area contributed by atoms with Crippen LogP contribution >= 0.6 is 0 Å². The van der Waals surface area contributed by atoms with Crippen molar-refractivity contribution >= 4 is 0 Å². The maximum atomic E-state index is 9.32. The summed E-state index contributed by atoms with van der Waals surface area (Å²) < 4.78 is 0. The number of aliphatic hydroxyl groups excluding tert-OH is 2. The minimum atomic E-state index is -0.614. The molecule has 0 rings (SSSR count). The number of hydrogen-bond donors (Lipinski definition) is 2. The molecule has 2 N–H and O–H groups in total. The van der Waals surface area contributed by atoms with Crippen LogP contribution < -0.4 is 0 Å². The van der Waals surface area contributed by atoms with Crippen LogP contribution in [0.15, 0.2) is 0 Å². The normalized spacial score (nSPS) is 20.7. The number of rotatable bonds is 3. The molecule has 3 unspecified atom stereocenters. The van der Waals surface area contributed by atoms with E-state index in [0.29, 0.717) is 5.92 Å². The van der Waals surface area contributed by atoms with Gasteiger partial charge in [0.15, 0.2) is 0 Å². The minimum absolute atomic E-state index is 0.167. The lowest BCUT2D eigenvalue weighted by Gasteiger charge is -2.24. The monoisotopic (exact) mass is 146 g/mol. The Balaban J connectivity index is 3.81. The van der Waals surface area contributed by atoms with Crippen LogP contribution in [-0.4, -0.2) is 22.4 Å². The molecule has 0 saturated carbocycles. The van der Waals surface area contributed by atoms with Gasteiger partial charge in [0.1, 0.15) is 0 Å². The first-order valence-electron chi connectivity index (χ1n) is 3.83. The zero-order chi connectivity index (χ0) is 8.31. The fourth-order valence-electron chi connectivity index (χ4n) is 0.834. The van der Waals surface area contributed by atoms with Gasteiger partial charge in [0.2, 0.25) is 0 Å². The molecule has 0 aromatic rings. The molecular formula is C8H18O2. The largest absolute Gasteiger partial charge is 0.391 e. The zero-order valence-corrected chi connectivity index (χ0v) is 7.20. The van der Waals surface area contributed by atoms with E-state index in [1.165, 1.54) is 0 Å². The lowest BCUT2D eigenvalue weighted by Crippen LogP contribution is -2.32. The number of hydrogen-bond acceptors (Lipinski definition) is 2. The minimum Gasteiger partial charge on any atom is -0.391 e. The molecule has 3 atom stereocenters. The second-order valence-corrected chi connectivity index (χ2v) is 3.33. The Morgan fingerprint density at radius 3 is 1.40 bits per heavy atom. The molecule has 10 heavy (non-hydrogen) atoms. The van der Waals surface area contributed by atoms with E-state index in [1.807, 2.05) is 20.8 Å². The Kier molecular flexibility index (Phi) is 3.91. The summed E-state index contributed by atoms with van der Waals surface area (Å²) >= 11 is 0. The maximum Gasteiger partial charge on any atom is 0.0824 e. The van der Waals surface area contributed by atoms with Gasteiger partial charge in [0, 0.05) is 0 Å². The summed E-state index contributed by atoms with van der Waals surface area (Å²) in [6, 6.07) is 0. The molecule has 0 radical (unpaired) electrons. The van der Waals surface area contributed by atoms with Crippen molar-refractivity contribution in [1.82, 2.24) is 0 Å². The zero-order valence-electron chi connectivity index (χ0n) is 7.20. The molecule has 62 valence electrons. The summed E-state index contributed by atoms with van der Waals surface area (Å²) in [5.74, 6) is 0.588. The van der Waals surface area contributed by atoms with Crippen LogP contribution in [0, 0.1) is 11.8 Å². The van der Waals surface area contributed by atoms with Gasteiger partial charge >= 0.3 is 0 Å². The fourth-order valence-corrected chi connectivity index (χ4v) is 0.834. The molecule has 0 saturated heterocycles. The summed E-state index contributed by atoms with van der Waals surface area (Å²) in [6.07, 6.45) is -1.20. The molecule has 0 bridgehead atoms. The molecule has 0 heterocycles. The third-order valence-electron chi connectivity index (χ3n) is 2.08. The van der Waals surface area contributed by atoms with E-state index in [1.54, 1.807) is 6.92 Å². The first-order chi connectivity index (χ1) is 4.46. The first kappa shape index (κ1) is 9.92. The van der Waals surface area contributed by atoms with Crippen LogP contribution in [-0.2, 0) is 0 Å². The summed E-state index contributed by atoms with van der Waals surface area (Å²) in [5.41, 5.74) is 0. The Labute approximate surface area is 62.9 Å². The Morgan fingerprint density at radius 2 is 1.30 bits per heavy atom. The summed E-state index contributed by atoms with van der Waals surface area (Å²) in [5, 5.41) is 18.3. The Hall–Kier alpha value is -0.0800. The van der Waals surface area contributed by atoms with Crippen LogP contribution in [0.1, 0.15) is 27.7 Å². The van der Waals surface area contributed by atoms with Crippen LogP contribution in [0.25, 0.3) is 0 Å². The predicted molar refractivity (Wildman–Crippen MR) is 41.7 cm³/mol. The van der Waals surface area contributed by atoms with Crippen molar-refractivity contribution in [3.05, 3.63) is 0 Å². The molecule has 0 spiro atoms. The van der Waals surface area contributed by atoms with E-state index >= 15 is 0 Å². The highest BCUT2D eigenvalue weighted by atomic mass is 16.3. The summed E-state index contributed by atoms with van der Waals surface area (Å²) in [4.78, 5) is 0. The van der Waals surface area contributed by atoms with Gasteiger partial charge < -0.3 is 10.2 Å². The van der Waals surface area contributed by atoms with E-state index in [-0.39, 0.29) is 5.92 Å². The molecule has 0 aliphatic heterocycles. The second-order valence-electron chi connectivity index (χ2n) is 3.33. The smallest absolute Gasteiger partial charge is 0.0824 e. The predicted octanol–water partition coefficient (Wildman–Crippen LogP) is 1.02. The van der Waals surface area contributed by atoms with Crippen molar-refractivity contribution in [2.45, 2.75) is 39.9 Å². The van der Waals surface area contributed by atoms with Gasteiger partial charge in [0.25, 0.3) is 0 Å². The first-order valence-corrected chi connectivity index (χ1v) is 3.83. The lowest BCUT2D eigenvalue weighted by atomic mass is 9.90. The molecule has 0 fully saturated rings. The highest BCUT2D eigenvalue weighted by molar-refractivity contribution is 4.71. The van der Waals surface area contributed by atoms with E-state index in [9.17, 15) is 5.11 Å². The van der Waals surface area contributed by atoms with Gasteiger partial charge in [-0.05, 0) is 18.8 Å². The van der Waals surface area contributed by atoms with E-state index in [0.717, 1.165) is 0 Å². The topological polar surface area (TPSA) is 40.5 Å². The van der Waals surface area contributed by atoms with Crippen LogP contribution in [0.3, 0.4) is 0 Å². The van der Waals surface area contributed by atoms with Crippen molar-refractivity contribution in [2.24, 2.45) is 11.8 Å². The van der Waals surface area contributed by atoms with Crippen LogP contribution in [0.2, 0.25) is 0 Å². The van der Waals surface area contributed by atoms with Gasteiger partial charge in [-0.2, -0.15) is 0 Å². The molecule has 0 aromatic carbocycles. The average molecular weight is 146 g/mol. The highest BCUT2D eigenvalue weighted by Gasteiger charge is 2.21. The van der Waals surface area contributed by atoms with Gasteiger partial charge in [-0.25, -0.2) is 0 Å². The molecule has 0 amide bonds. The lowest BCUT2D eigenvalue weighted by molar-refractivity contribution is -0.0147. The fraction of sp³-hybridized carbons (Fsp3) is 1.00. The van der Waals surface area contributed by atoms with Crippen LogP contribution in [0.5, 0.6) is 0 Å². The van der Waals surface area contributed by atoms with Gasteiger partial charge in [-0.15, -0.1) is 0 Å². The molecule has 0 aliphatic carbocycles. The van der Waals surface area contributed by atoms with Crippen molar-refractivity contribution in [3.8, 4) is 0 Å². The summed E-state index contributed by atoms with van der Waals surface area (Å²) in [6.45, 7) is 7.64. The Morgan fingerprint density at radius 1 is 0.900 bits per heavy atom. The van der Waals surface area contributed by atoms with E-state index in [4.69, 9.17) is 5.11 Å². The van der Waals surface area contributed by atoms with Gasteiger partial charge in [-0.1, -0.05) is 20.8 Å². The van der Waals surface area contributed by atoms with Crippen molar-refractivity contribution in [2.75, 3.05) is 0 Å². The molecular weight excluding hydrogens is 128 g/mol. The third kappa shape index (κ3) is 2.67. The van der Waals surface area contributed by atoms with Gasteiger partial charge in [0.05, 0.1) is 12.2 Å². The van der Waals surface area contributed by atoms with E-state index in [2.05, 4.69) is 0 Å². The third-order valence-corrected chi connectivity index (χ3v) is 2.08.